The van der Waals surface area contributed by atoms with Crippen molar-refractivity contribution in [2.75, 3.05) is 13.1 Å². The van der Waals surface area contributed by atoms with Crippen molar-refractivity contribution in [2.45, 2.75) is 111 Å². The van der Waals surface area contributed by atoms with Crippen molar-refractivity contribution in [2.24, 2.45) is 0 Å². The molecule has 0 unspecified atom stereocenters. The zero-order chi connectivity index (χ0) is 15.1. The van der Waals surface area contributed by atoms with Gasteiger partial charge in [0.2, 0.25) is 0 Å². The summed E-state index contributed by atoms with van der Waals surface area (Å²) in [6.07, 6.45) is 17.0. The number of rotatable bonds is 15. The van der Waals surface area contributed by atoms with E-state index in [1.54, 1.807) is 0 Å². The van der Waals surface area contributed by atoms with Gasteiger partial charge in [0.1, 0.15) is 0 Å². The highest BCUT2D eigenvalue weighted by molar-refractivity contribution is 4.63. The van der Waals surface area contributed by atoms with Gasteiger partial charge in [0, 0.05) is 6.04 Å². The van der Waals surface area contributed by atoms with Crippen molar-refractivity contribution in [1.29, 1.82) is 0 Å². The molecular formula is C19H41N. The monoisotopic (exact) mass is 283 g/mol. The molecule has 0 saturated heterocycles. The SMILES string of the molecule is CCCCCCCCN(CCCCCCCC)C(C)C. The maximum Gasteiger partial charge on any atom is 0.00385 e. The first-order chi connectivity index (χ1) is 9.72. The Hall–Kier alpha value is -0.0400. The topological polar surface area (TPSA) is 3.24 Å². The summed E-state index contributed by atoms with van der Waals surface area (Å²) in [6, 6.07) is 0.723. The molecule has 1 nitrogen and oxygen atoms in total. The van der Waals surface area contributed by atoms with Gasteiger partial charge in [-0.25, -0.2) is 0 Å². The minimum Gasteiger partial charge on any atom is -0.301 e. The molecule has 20 heavy (non-hydrogen) atoms. The summed E-state index contributed by atoms with van der Waals surface area (Å²) in [6.45, 7) is 11.9. The lowest BCUT2D eigenvalue weighted by Gasteiger charge is -2.26. The van der Waals surface area contributed by atoms with Crippen LogP contribution in [0.1, 0.15) is 105 Å². The second kappa shape index (κ2) is 15.4. The largest absolute Gasteiger partial charge is 0.301 e. The average Bonchev–Trinajstić information content (AvgIpc) is 2.43. The molecule has 0 atom stereocenters. The van der Waals surface area contributed by atoms with Crippen LogP contribution in [0.5, 0.6) is 0 Å². The molecule has 0 radical (unpaired) electrons. The number of hydrogen-bond acceptors (Lipinski definition) is 1. The van der Waals surface area contributed by atoms with Crippen LogP contribution in [0.2, 0.25) is 0 Å². The molecule has 0 bridgehead atoms. The zero-order valence-corrected chi connectivity index (χ0v) is 14.9. The normalized spacial score (nSPS) is 11.7. The Morgan fingerprint density at radius 2 is 0.900 bits per heavy atom. The van der Waals surface area contributed by atoms with Crippen LogP contribution in [0.3, 0.4) is 0 Å². The van der Waals surface area contributed by atoms with E-state index in [0.717, 1.165) is 6.04 Å². The molecule has 0 aromatic heterocycles. The van der Waals surface area contributed by atoms with E-state index in [1.807, 2.05) is 0 Å². The van der Waals surface area contributed by atoms with Gasteiger partial charge >= 0.3 is 0 Å². The van der Waals surface area contributed by atoms with Crippen LogP contribution in [0, 0.1) is 0 Å². The Morgan fingerprint density at radius 3 is 1.25 bits per heavy atom. The molecule has 0 fully saturated rings. The third-order valence-corrected chi connectivity index (χ3v) is 4.33. The Kier molecular flexibility index (Phi) is 15.3. The van der Waals surface area contributed by atoms with Crippen LogP contribution in [-0.4, -0.2) is 24.0 Å². The highest BCUT2D eigenvalue weighted by Gasteiger charge is 2.08. The predicted octanol–water partition coefficient (Wildman–Crippen LogP) is 6.42. The fourth-order valence-corrected chi connectivity index (χ4v) is 2.82. The van der Waals surface area contributed by atoms with Crippen molar-refractivity contribution in [3.05, 3.63) is 0 Å². The second-order valence-corrected chi connectivity index (χ2v) is 6.67. The van der Waals surface area contributed by atoms with Crippen LogP contribution in [-0.2, 0) is 0 Å². The van der Waals surface area contributed by atoms with Gasteiger partial charge in [0.05, 0.1) is 0 Å². The molecule has 0 N–H and O–H groups in total. The molecular weight excluding hydrogens is 242 g/mol. The molecule has 0 aromatic carbocycles. The molecule has 1 heteroatoms. The fraction of sp³-hybridized carbons (Fsp3) is 1.00. The van der Waals surface area contributed by atoms with Gasteiger partial charge in [0.25, 0.3) is 0 Å². The Morgan fingerprint density at radius 1 is 0.550 bits per heavy atom. The van der Waals surface area contributed by atoms with Crippen molar-refractivity contribution < 1.29 is 0 Å². The third kappa shape index (κ3) is 13.0. The lowest BCUT2D eigenvalue weighted by atomic mass is 10.1. The summed E-state index contributed by atoms with van der Waals surface area (Å²) in [5, 5.41) is 0. The number of unbranched alkanes of at least 4 members (excludes halogenated alkanes) is 10. The van der Waals surface area contributed by atoms with Crippen LogP contribution in [0.4, 0.5) is 0 Å². The van der Waals surface area contributed by atoms with Gasteiger partial charge in [0.15, 0.2) is 0 Å². The van der Waals surface area contributed by atoms with Crippen molar-refractivity contribution in [3.63, 3.8) is 0 Å². The number of hydrogen-bond donors (Lipinski definition) is 0. The Balaban J connectivity index is 3.51. The maximum absolute atomic E-state index is 2.69. The van der Waals surface area contributed by atoms with Gasteiger partial charge in [-0.1, -0.05) is 78.1 Å². The smallest absolute Gasteiger partial charge is 0.00385 e. The van der Waals surface area contributed by atoms with E-state index in [-0.39, 0.29) is 0 Å². The Bertz CT molecular complexity index is 161. The maximum atomic E-state index is 2.69. The molecule has 0 rings (SSSR count). The highest BCUT2D eigenvalue weighted by atomic mass is 15.1. The van der Waals surface area contributed by atoms with E-state index in [1.165, 1.54) is 90.1 Å². The minimum absolute atomic E-state index is 0.723. The summed E-state index contributed by atoms with van der Waals surface area (Å²) < 4.78 is 0. The van der Waals surface area contributed by atoms with Crippen molar-refractivity contribution >= 4 is 0 Å². The van der Waals surface area contributed by atoms with Crippen molar-refractivity contribution in [3.8, 4) is 0 Å². The first kappa shape index (κ1) is 20.0. The molecule has 0 aliphatic carbocycles. The third-order valence-electron chi connectivity index (χ3n) is 4.33. The number of nitrogens with zero attached hydrogens (tertiary/aromatic N) is 1. The van der Waals surface area contributed by atoms with Gasteiger partial charge in [-0.3, -0.25) is 0 Å². The van der Waals surface area contributed by atoms with Gasteiger partial charge in [-0.05, 0) is 39.8 Å². The van der Waals surface area contributed by atoms with Gasteiger partial charge < -0.3 is 4.90 Å². The fourth-order valence-electron chi connectivity index (χ4n) is 2.82. The summed E-state index contributed by atoms with van der Waals surface area (Å²) in [4.78, 5) is 2.69. The summed E-state index contributed by atoms with van der Waals surface area (Å²) in [5.74, 6) is 0. The van der Waals surface area contributed by atoms with E-state index in [0.29, 0.717) is 0 Å². The molecule has 0 aromatic rings. The van der Waals surface area contributed by atoms with E-state index in [4.69, 9.17) is 0 Å². The molecule has 122 valence electrons. The summed E-state index contributed by atoms with van der Waals surface area (Å²) >= 11 is 0. The molecule has 0 spiro atoms. The van der Waals surface area contributed by atoms with Crippen LogP contribution < -0.4 is 0 Å². The molecule has 0 heterocycles. The molecule has 0 aliphatic rings. The average molecular weight is 284 g/mol. The van der Waals surface area contributed by atoms with Crippen LogP contribution in [0.25, 0.3) is 0 Å². The summed E-state index contributed by atoms with van der Waals surface area (Å²) in [5.41, 5.74) is 0. The molecule has 0 saturated carbocycles. The second-order valence-electron chi connectivity index (χ2n) is 6.67. The first-order valence-electron chi connectivity index (χ1n) is 9.46. The molecule has 0 amide bonds. The minimum atomic E-state index is 0.723. The standard InChI is InChI=1S/C19H41N/c1-5-7-9-11-13-15-17-20(19(3)4)18-16-14-12-10-8-6-2/h19H,5-18H2,1-4H3. The predicted molar refractivity (Wildman–Crippen MR) is 93.5 cm³/mol. The van der Waals surface area contributed by atoms with Crippen LogP contribution in [0.15, 0.2) is 0 Å². The first-order valence-corrected chi connectivity index (χ1v) is 9.46. The van der Waals surface area contributed by atoms with E-state index in [2.05, 4.69) is 32.6 Å². The van der Waals surface area contributed by atoms with Crippen molar-refractivity contribution in [1.82, 2.24) is 4.90 Å². The van der Waals surface area contributed by atoms with Gasteiger partial charge in [-0.15, -0.1) is 0 Å². The Labute approximate surface area is 129 Å². The van der Waals surface area contributed by atoms with Crippen LogP contribution >= 0.6 is 0 Å². The lowest BCUT2D eigenvalue weighted by Crippen LogP contribution is -2.32. The van der Waals surface area contributed by atoms with E-state index < -0.39 is 0 Å². The quantitative estimate of drug-likeness (QED) is 0.313. The lowest BCUT2D eigenvalue weighted by molar-refractivity contribution is 0.211. The van der Waals surface area contributed by atoms with E-state index in [9.17, 15) is 0 Å². The zero-order valence-electron chi connectivity index (χ0n) is 14.9. The highest BCUT2D eigenvalue weighted by Crippen LogP contribution is 2.10. The summed E-state index contributed by atoms with van der Waals surface area (Å²) in [7, 11) is 0. The van der Waals surface area contributed by atoms with Gasteiger partial charge in [-0.2, -0.15) is 0 Å². The van der Waals surface area contributed by atoms with E-state index >= 15 is 0 Å². The molecule has 0 aliphatic heterocycles.